The quantitative estimate of drug-likeness (QED) is 0.642. The first-order valence-electron chi connectivity index (χ1n) is 5.32. The number of nitrogens with two attached hydrogens (primary N) is 1. The summed E-state index contributed by atoms with van der Waals surface area (Å²) in [5.41, 5.74) is 6.24. The average molecular weight is 263 g/mol. The van der Waals surface area contributed by atoms with E-state index in [0.717, 1.165) is 0 Å². The fraction of sp³-hybridized carbons (Fsp3) is 0.0769. The molecule has 0 amide bonds. The Kier molecular flexibility index (Phi) is 3.00. The predicted octanol–water partition coefficient (Wildman–Crippen LogP) is 2.12. The molecule has 18 heavy (non-hydrogen) atoms. The number of sulfone groups is 1. The number of anilines is 1. The smallest absolute Gasteiger partial charge is 0.206 e. The van der Waals surface area contributed by atoms with E-state index in [0.29, 0.717) is 5.56 Å². The number of phenols is 1. The summed E-state index contributed by atoms with van der Waals surface area (Å²) >= 11 is 0. The van der Waals surface area contributed by atoms with Crippen molar-refractivity contribution in [3.8, 4) is 5.75 Å². The van der Waals surface area contributed by atoms with Crippen LogP contribution in [0.2, 0.25) is 0 Å². The summed E-state index contributed by atoms with van der Waals surface area (Å²) in [6.07, 6.45) is 0. The largest absolute Gasteiger partial charge is 0.506 e. The number of rotatable bonds is 2. The lowest BCUT2D eigenvalue weighted by Gasteiger charge is -2.08. The van der Waals surface area contributed by atoms with Crippen molar-refractivity contribution in [3.63, 3.8) is 0 Å². The van der Waals surface area contributed by atoms with E-state index in [1.165, 1.54) is 18.2 Å². The van der Waals surface area contributed by atoms with Crippen molar-refractivity contribution in [1.82, 2.24) is 0 Å². The highest BCUT2D eigenvalue weighted by Crippen LogP contribution is 2.28. The Morgan fingerprint density at radius 1 is 1.11 bits per heavy atom. The molecule has 0 aromatic heterocycles. The molecule has 5 heteroatoms. The Labute approximate surface area is 106 Å². The second-order valence-corrected chi connectivity index (χ2v) is 5.91. The average Bonchev–Trinajstić information content (AvgIpc) is 2.33. The zero-order valence-electron chi connectivity index (χ0n) is 9.79. The SMILES string of the molecule is Cc1ccccc1S(=O)(=O)c1ccc(O)c(N)c1. The van der Waals surface area contributed by atoms with Crippen LogP contribution in [0.25, 0.3) is 0 Å². The molecule has 2 aromatic carbocycles. The lowest BCUT2D eigenvalue weighted by molar-refractivity contribution is 0.477. The Bertz CT molecular complexity index is 693. The maximum Gasteiger partial charge on any atom is 0.206 e. The van der Waals surface area contributed by atoms with Crippen LogP contribution in [0.3, 0.4) is 0 Å². The summed E-state index contributed by atoms with van der Waals surface area (Å²) in [4.78, 5) is 0.321. The van der Waals surface area contributed by atoms with Gasteiger partial charge < -0.3 is 10.8 Å². The Morgan fingerprint density at radius 2 is 1.78 bits per heavy atom. The molecule has 0 bridgehead atoms. The Morgan fingerprint density at radius 3 is 2.39 bits per heavy atom. The highest BCUT2D eigenvalue weighted by molar-refractivity contribution is 7.91. The van der Waals surface area contributed by atoms with Gasteiger partial charge >= 0.3 is 0 Å². The molecule has 0 saturated carbocycles. The van der Waals surface area contributed by atoms with E-state index in [1.807, 2.05) is 0 Å². The van der Waals surface area contributed by atoms with Gasteiger partial charge in [0.15, 0.2) is 0 Å². The highest BCUT2D eigenvalue weighted by atomic mass is 32.2. The second kappa shape index (κ2) is 4.34. The molecule has 0 saturated heterocycles. The molecule has 2 rings (SSSR count). The van der Waals surface area contributed by atoms with Crippen LogP contribution < -0.4 is 5.73 Å². The molecular weight excluding hydrogens is 250 g/mol. The molecular formula is C13H13NO3S. The molecule has 0 atom stereocenters. The maximum absolute atomic E-state index is 12.4. The van der Waals surface area contributed by atoms with Crippen LogP contribution in [0.15, 0.2) is 52.3 Å². The zero-order valence-corrected chi connectivity index (χ0v) is 10.6. The molecule has 4 nitrogen and oxygen atoms in total. The molecule has 0 spiro atoms. The molecule has 0 fully saturated rings. The van der Waals surface area contributed by atoms with E-state index < -0.39 is 9.84 Å². The molecule has 0 heterocycles. The summed E-state index contributed by atoms with van der Waals surface area (Å²) in [6, 6.07) is 10.6. The Hall–Kier alpha value is -2.01. The van der Waals surface area contributed by atoms with Gasteiger partial charge in [0, 0.05) is 0 Å². The number of hydrogen-bond donors (Lipinski definition) is 2. The molecule has 0 aliphatic rings. The summed E-state index contributed by atoms with van der Waals surface area (Å²) in [5, 5.41) is 9.31. The first kappa shape index (κ1) is 12.4. The number of aromatic hydroxyl groups is 1. The standard InChI is InChI=1S/C13H13NO3S/c1-9-4-2-3-5-13(9)18(16,17)10-6-7-12(15)11(14)8-10/h2-8,15H,14H2,1H3. The summed E-state index contributed by atoms with van der Waals surface area (Å²) in [6.45, 7) is 1.73. The van der Waals surface area contributed by atoms with Crippen LogP contribution >= 0.6 is 0 Å². The van der Waals surface area contributed by atoms with Gasteiger partial charge in [-0.15, -0.1) is 0 Å². The van der Waals surface area contributed by atoms with Gasteiger partial charge in [0.2, 0.25) is 9.84 Å². The van der Waals surface area contributed by atoms with Crippen LogP contribution in [0.4, 0.5) is 5.69 Å². The van der Waals surface area contributed by atoms with Crippen molar-refractivity contribution in [2.24, 2.45) is 0 Å². The fourth-order valence-electron chi connectivity index (χ4n) is 1.68. The van der Waals surface area contributed by atoms with E-state index in [1.54, 1.807) is 31.2 Å². The minimum atomic E-state index is -3.60. The van der Waals surface area contributed by atoms with Gasteiger partial charge in [0.05, 0.1) is 15.5 Å². The topological polar surface area (TPSA) is 80.4 Å². The van der Waals surface area contributed by atoms with Gasteiger partial charge in [-0.25, -0.2) is 8.42 Å². The molecule has 0 unspecified atom stereocenters. The van der Waals surface area contributed by atoms with Gasteiger partial charge in [0.25, 0.3) is 0 Å². The number of benzene rings is 2. The van der Waals surface area contributed by atoms with Crippen molar-refractivity contribution < 1.29 is 13.5 Å². The first-order valence-corrected chi connectivity index (χ1v) is 6.80. The van der Waals surface area contributed by atoms with E-state index in [9.17, 15) is 13.5 Å². The monoisotopic (exact) mass is 263 g/mol. The molecule has 94 valence electrons. The van der Waals surface area contributed by atoms with Crippen LogP contribution in [-0.4, -0.2) is 13.5 Å². The minimum Gasteiger partial charge on any atom is -0.506 e. The number of phenolic OH excluding ortho intramolecular Hbond substituents is 1. The molecule has 3 N–H and O–H groups in total. The summed E-state index contributed by atoms with van der Waals surface area (Å²) in [5.74, 6) is -0.126. The van der Waals surface area contributed by atoms with E-state index in [2.05, 4.69) is 0 Å². The van der Waals surface area contributed by atoms with Crippen LogP contribution in [0.1, 0.15) is 5.56 Å². The van der Waals surface area contributed by atoms with Gasteiger partial charge in [-0.3, -0.25) is 0 Å². The van der Waals surface area contributed by atoms with E-state index in [-0.39, 0.29) is 21.2 Å². The summed E-state index contributed by atoms with van der Waals surface area (Å²) < 4.78 is 24.8. The molecule has 0 aliphatic carbocycles. The molecule has 0 aliphatic heterocycles. The third kappa shape index (κ3) is 2.04. The first-order chi connectivity index (χ1) is 8.43. The van der Waals surface area contributed by atoms with Crippen molar-refractivity contribution in [3.05, 3.63) is 48.0 Å². The van der Waals surface area contributed by atoms with Gasteiger partial charge in [-0.05, 0) is 36.8 Å². The lowest BCUT2D eigenvalue weighted by Crippen LogP contribution is -2.04. The third-order valence-electron chi connectivity index (χ3n) is 2.69. The van der Waals surface area contributed by atoms with Crippen molar-refractivity contribution in [1.29, 1.82) is 0 Å². The molecule has 0 radical (unpaired) electrons. The Balaban J connectivity index is 2.62. The predicted molar refractivity (Wildman–Crippen MR) is 69.2 cm³/mol. The van der Waals surface area contributed by atoms with Gasteiger partial charge in [0.1, 0.15) is 5.75 Å². The van der Waals surface area contributed by atoms with E-state index >= 15 is 0 Å². The van der Waals surface area contributed by atoms with Crippen LogP contribution in [0, 0.1) is 6.92 Å². The van der Waals surface area contributed by atoms with Gasteiger partial charge in [-0.2, -0.15) is 0 Å². The summed E-state index contributed by atoms with van der Waals surface area (Å²) in [7, 11) is -3.60. The molecule has 2 aromatic rings. The highest BCUT2D eigenvalue weighted by Gasteiger charge is 2.20. The number of hydrogen-bond acceptors (Lipinski definition) is 4. The van der Waals surface area contributed by atoms with Crippen molar-refractivity contribution in [2.45, 2.75) is 16.7 Å². The normalized spacial score (nSPS) is 11.4. The fourth-order valence-corrected chi connectivity index (χ4v) is 3.22. The van der Waals surface area contributed by atoms with Gasteiger partial charge in [-0.1, -0.05) is 18.2 Å². The van der Waals surface area contributed by atoms with Crippen molar-refractivity contribution >= 4 is 15.5 Å². The second-order valence-electron chi connectivity index (χ2n) is 3.99. The maximum atomic E-state index is 12.4. The third-order valence-corrected chi connectivity index (χ3v) is 4.60. The number of aryl methyl sites for hydroxylation is 1. The number of nitrogen functional groups attached to an aromatic ring is 1. The van der Waals surface area contributed by atoms with E-state index in [4.69, 9.17) is 5.73 Å². The lowest BCUT2D eigenvalue weighted by atomic mass is 10.2. The van der Waals surface area contributed by atoms with Crippen LogP contribution in [0.5, 0.6) is 5.75 Å². The zero-order chi connectivity index (χ0) is 13.3. The van der Waals surface area contributed by atoms with Crippen LogP contribution in [-0.2, 0) is 9.84 Å². The minimum absolute atomic E-state index is 0.0460. The van der Waals surface area contributed by atoms with Crippen molar-refractivity contribution in [2.75, 3.05) is 5.73 Å².